The van der Waals surface area contributed by atoms with Crippen LogP contribution in [-0.4, -0.2) is 58.9 Å². The van der Waals surface area contributed by atoms with E-state index in [-0.39, 0.29) is 6.10 Å². The van der Waals surface area contributed by atoms with E-state index < -0.39 is 0 Å². The van der Waals surface area contributed by atoms with E-state index in [0.717, 1.165) is 29.9 Å². The van der Waals surface area contributed by atoms with Crippen molar-refractivity contribution >= 4 is 17.0 Å². The van der Waals surface area contributed by atoms with Gasteiger partial charge >= 0.3 is 0 Å². The van der Waals surface area contributed by atoms with Gasteiger partial charge in [-0.15, -0.1) is 0 Å². The van der Waals surface area contributed by atoms with Crippen molar-refractivity contribution in [3.63, 3.8) is 0 Å². The van der Waals surface area contributed by atoms with Gasteiger partial charge < -0.3 is 19.5 Å². The molecule has 5 heteroatoms. The van der Waals surface area contributed by atoms with Crippen molar-refractivity contribution < 1.29 is 5.11 Å². The third-order valence-corrected chi connectivity index (χ3v) is 3.99. The molecule has 3 rings (SSSR count). The first-order valence-corrected chi connectivity index (χ1v) is 7.07. The Bertz CT molecular complexity index is 607. The first-order chi connectivity index (χ1) is 9.56. The van der Waals surface area contributed by atoms with Gasteiger partial charge in [0.05, 0.1) is 17.1 Å². The molecule has 2 heterocycles. The van der Waals surface area contributed by atoms with Gasteiger partial charge in [-0.25, -0.2) is 4.98 Å². The minimum absolute atomic E-state index is 0.264. The summed E-state index contributed by atoms with van der Waals surface area (Å²) in [6, 6.07) is 8.47. The number of imidazole rings is 1. The van der Waals surface area contributed by atoms with E-state index in [1.165, 1.54) is 0 Å². The summed E-state index contributed by atoms with van der Waals surface area (Å²) in [6.45, 7) is 1.59. The Kier molecular flexibility index (Phi) is 3.40. The molecule has 20 heavy (non-hydrogen) atoms. The number of aliphatic hydroxyl groups is 1. The zero-order valence-corrected chi connectivity index (χ0v) is 12.3. The summed E-state index contributed by atoms with van der Waals surface area (Å²) in [5.41, 5.74) is 2.14. The van der Waals surface area contributed by atoms with Crippen LogP contribution in [0, 0.1) is 0 Å². The lowest BCUT2D eigenvalue weighted by molar-refractivity contribution is 0.191. The summed E-state index contributed by atoms with van der Waals surface area (Å²) in [6.07, 6.45) is 0.543. The zero-order chi connectivity index (χ0) is 14.3. The predicted molar refractivity (Wildman–Crippen MR) is 81.0 cm³/mol. The Labute approximate surface area is 119 Å². The molecular weight excluding hydrogens is 252 g/mol. The van der Waals surface area contributed by atoms with E-state index in [2.05, 4.69) is 34.5 Å². The number of hydrogen-bond donors (Lipinski definition) is 1. The zero-order valence-electron chi connectivity index (χ0n) is 12.3. The van der Waals surface area contributed by atoms with Crippen LogP contribution in [0.2, 0.25) is 0 Å². The Morgan fingerprint density at radius 3 is 2.80 bits per heavy atom. The van der Waals surface area contributed by atoms with E-state index in [1.807, 2.05) is 25.2 Å². The Morgan fingerprint density at radius 2 is 2.10 bits per heavy atom. The second kappa shape index (κ2) is 5.07. The number of hydrogen-bond acceptors (Lipinski definition) is 4. The number of aliphatic hydroxyl groups excluding tert-OH is 1. The highest BCUT2D eigenvalue weighted by Gasteiger charge is 2.33. The average molecular weight is 274 g/mol. The molecule has 5 nitrogen and oxygen atoms in total. The predicted octanol–water partition coefficient (Wildman–Crippen LogP) is 1.07. The van der Waals surface area contributed by atoms with Crippen LogP contribution in [0.1, 0.15) is 6.42 Å². The van der Waals surface area contributed by atoms with Crippen LogP contribution in [0.4, 0.5) is 5.95 Å². The lowest BCUT2D eigenvalue weighted by Gasteiger charge is -2.27. The average Bonchev–Trinajstić information content (AvgIpc) is 2.90. The fraction of sp³-hybridized carbons (Fsp3) is 0.533. The Hall–Kier alpha value is -1.59. The van der Waals surface area contributed by atoms with Gasteiger partial charge in [0.1, 0.15) is 0 Å². The normalized spacial score (nSPS) is 23.1. The monoisotopic (exact) mass is 274 g/mol. The minimum Gasteiger partial charge on any atom is -0.391 e. The number of rotatable bonds is 3. The lowest BCUT2D eigenvalue weighted by atomic mass is 10.2. The molecule has 1 aromatic carbocycles. The van der Waals surface area contributed by atoms with Crippen molar-refractivity contribution in [3.8, 4) is 0 Å². The standard InChI is InChI=1S/C15H22N4O/c1-17(2)9-11-8-12(20)10-19(11)15-16-13-6-4-5-7-14(13)18(15)3/h4-7,11-12,20H,8-10H2,1-3H3. The highest BCUT2D eigenvalue weighted by molar-refractivity contribution is 5.78. The summed E-state index contributed by atoms with van der Waals surface area (Å²) >= 11 is 0. The number of para-hydroxylation sites is 2. The van der Waals surface area contributed by atoms with Crippen LogP contribution in [0.15, 0.2) is 24.3 Å². The summed E-state index contributed by atoms with van der Waals surface area (Å²) in [4.78, 5) is 9.15. The van der Waals surface area contributed by atoms with Crippen LogP contribution in [0.3, 0.4) is 0 Å². The van der Waals surface area contributed by atoms with Crippen LogP contribution in [-0.2, 0) is 7.05 Å². The number of benzene rings is 1. The van der Waals surface area contributed by atoms with Gasteiger partial charge in [0, 0.05) is 26.2 Å². The molecule has 0 radical (unpaired) electrons. The molecule has 1 aromatic heterocycles. The third kappa shape index (κ3) is 2.27. The first kappa shape index (κ1) is 13.4. The number of fused-ring (bicyclic) bond motifs is 1. The van der Waals surface area contributed by atoms with E-state index in [9.17, 15) is 5.11 Å². The van der Waals surface area contributed by atoms with Gasteiger partial charge in [-0.05, 0) is 32.6 Å². The Morgan fingerprint density at radius 1 is 1.35 bits per heavy atom. The summed E-state index contributed by atoms with van der Waals surface area (Å²) in [5.74, 6) is 0.953. The topological polar surface area (TPSA) is 44.5 Å². The van der Waals surface area contributed by atoms with Gasteiger partial charge in [0.2, 0.25) is 5.95 Å². The van der Waals surface area contributed by atoms with Crippen LogP contribution >= 0.6 is 0 Å². The maximum absolute atomic E-state index is 10.0. The second-order valence-corrected chi connectivity index (χ2v) is 5.92. The molecule has 0 aliphatic carbocycles. The van der Waals surface area contributed by atoms with E-state index in [0.29, 0.717) is 12.6 Å². The quantitative estimate of drug-likeness (QED) is 0.909. The summed E-state index contributed by atoms with van der Waals surface area (Å²) in [7, 11) is 6.18. The molecule has 1 N–H and O–H groups in total. The van der Waals surface area contributed by atoms with Crippen LogP contribution < -0.4 is 4.90 Å². The molecule has 0 saturated carbocycles. The largest absolute Gasteiger partial charge is 0.391 e. The van der Waals surface area contributed by atoms with E-state index in [4.69, 9.17) is 4.98 Å². The van der Waals surface area contributed by atoms with Crippen molar-refractivity contribution in [1.82, 2.24) is 14.5 Å². The lowest BCUT2D eigenvalue weighted by Crippen LogP contribution is -2.38. The number of anilines is 1. The molecule has 2 unspecified atom stereocenters. The molecule has 1 fully saturated rings. The molecule has 108 valence electrons. The van der Waals surface area contributed by atoms with Gasteiger partial charge in [0.15, 0.2) is 0 Å². The van der Waals surface area contributed by atoms with Crippen LogP contribution in [0.25, 0.3) is 11.0 Å². The van der Waals surface area contributed by atoms with Gasteiger partial charge in [0.25, 0.3) is 0 Å². The SMILES string of the molecule is CN(C)CC1CC(O)CN1c1nc2ccccc2n1C. The summed E-state index contributed by atoms with van der Waals surface area (Å²) in [5, 5.41) is 10.0. The molecule has 1 aliphatic rings. The van der Waals surface area contributed by atoms with Crippen molar-refractivity contribution in [1.29, 1.82) is 0 Å². The second-order valence-electron chi connectivity index (χ2n) is 5.92. The highest BCUT2D eigenvalue weighted by atomic mass is 16.3. The van der Waals surface area contributed by atoms with Gasteiger partial charge in [-0.1, -0.05) is 12.1 Å². The van der Waals surface area contributed by atoms with E-state index >= 15 is 0 Å². The highest BCUT2D eigenvalue weighted by Crippen LogP contribution is 2.28. The van der Waals surface area contributed by atoms with Gasteiger partial charge in [-0.3, -0.25) is 0 Å². The minimum atomic E-state index is -0.264. The van der Waals surface area contributed by atoms with Crippen molar-refractivity contribution in [2.24, 2.45) is 7.05 Å². The summed E-state index contributed by atoms with van der Waals surface area (Å²) < 4.78 is 2.12. The molecule has 0 amide bonds. The first-order valence-electron chi connectivity index (χ1n) is 7.07. The fourth-order valence-corrected chi connectivity index (χ4v) is 3.12. The molecule has 2 atom stereocenters. The van der Waals surface area contributed by atoms with Crippen LogP contribution in [0.5, 0.6) is 0 Å². The molecule has 2 aromatic rings. The molecular formula is C15H22N4O. The smallest absolute Gasteiger partial charge is 0.206 e. The van der Waals surface area contributed by atoms with Crippen molar-refractivity contribution in [3.05, 3.63) is 24.3 Å². The Balaban J connectivity index is 1.98. The molecule has 0 spiro atoms. The number of nitrogens with zero attached hydrogens (tertiary/aromatic N) is 4. The fourth-order valence-electron chi connectivity index (χ4n) is 3.12. The number of aryl methyl sites for hydroxylation is 1. The number of β-amino-alcohol motifs (C(OH)–C–C–N with tert-alkyl or cyclic N) is 1. The van der Waals surface area contributed by atoms with Crippen molar-refractivity contribution in [2.45, 2.75) is 18.6 Å². The maximum atomic E-state index is 10.0. The molecule has 1 saturated heterocycles. The molecule has 1 aliphatic heterocycles. The van der Waals surface area contributed by atoms with Crippen molar-refractivity contribution in [2.75, 3.05) is 32.1 Å². The van der Waals surface area contributed by atoms with Gasteiger partial charge in [-0.2, -0.15) is 0 Å². The molecule has 0 bridgehead atoms. The van der Waals surface area contributed by atoms with E-state index in [1.54, 1.807) is 0 Å². The number of likely N-dealkylation sites (N-methyl/N-ethyl adjacent to an activating group) is 1. The third-order valence-electron chi connectivity index (χ3n) is 3.99. The maximum Gasteiger partial charge on any atom is 0.206 e. The number of aromatic nitrogens is 2.